The van der Waals surface area contributed by atoms with Crippen molar-refractivity contribution >= 4 is 83.9 Å². The number of likely N-dealkylation sites (N-methyl/N-ethyl adjacent to an activating group) is 1. The quantitative estimate of drug-likeness (QED) is 0.0799. The molecule has 0 radical (unpaired) electrons. The molecule has 0 N–H and O–H groups in total. The molecule has 362 valence electrons. The van der Waals surface area contributed by atoms with Crippen molar-refractivity contribution in [2.24, 2.45) is 0 Å². The smallest absolute Gasteiger partial charge is 0.0541 e. The lowest BCUT2D eigenvalue weighted by Gasteiger charge is -2.28. The van der Waals surface area contributed by atoms with Crippen molar-refractivity contribution in [3.63, 3.8) is 0 Å². The molecule has 2 aromatic heterocycles. The van der Waals surface area contributed by atoms with E-state index in [1.807, 2.05) is 38.2 Å². The van der Waals surface area contributed by atoms with E-state index >= 15 is 0 Å². The van der Waals surface area contributed by atoms with Gasteiger partial charge >= 0.3 is 0 Å². The molecule has 5 nitrogen and oxygen atoms in total. The van der Waals surface area contributed by atoms with Crippen LogP contribution in [0.2, 0.25) is 0 Å². The van der Waals surface area contributed by atoms with Crippen LogP contribution >= 0.6 is 0 Å². The fourth-order valence-electron chi connectivity index (χ4n) is 9.99. The maximum absolute atomic E-state index is 3.87. The van der Waals surface area contributed by atoms with Crippen molar-refractivity contribution in [1.82, 2.24) is 9.13 Å². The number of benzene rings is 8. The van der Waals surface area contributed by atoms with Crippen LogP contribution in [-0.4, -0.2) is 29.3 Å². The minimum atomic E-state index is 0.662. The maximum atomic E-state index is 3.87. The fraction of sp³-hybridized carbons (Fsp3) is 0.0725. The summed E-state index contributed by atoms with van der Waals surface area (Å²) in [4.78, 5) is 7.06. The second-order valence-electron chi connectivity index (χ2n) is 18.1. The van der Waals surface area contributed by atoms with Gasteiger partial charge in [-0.15, -0.1) is 0 Å². The summed E-state index contributed by atoms with van der Waals surface area (Å²) in [6.45, 7) is 9.40. The number of anilines is 6. The van der Waals surface area contributed by atoms with Gasteiger partial charge in [0.2, 0.25) is 0 Å². The van der Waals surface area contributed by atoms with Crippen LogP contribution in [0.5, 0.6) is 0 Å². The average Bonchev–Trinajstić information content (AvgIpc) is 3.96. The molecule has 2 heterocycles. The van der Waals surface area contributed by atoms with Crippen LogP contribution in [0.1, 0.15) is 13.8 Å². The van der Waals surface area contributed by atoms with E-state index in [1.165, 1.54) is 43.8 Å². The first kappa shape index (κ1) is 48.3. The highest BCUT2D eigenvalue weighted by Crippen LogP contribution is 2.42. The van der Waals surface area contributed by atoms with Crippen LogP contribution in [0.15, 0.2) is 280 Å². The molecule has 0 amide bonds. The Morgan fingerprint density at radius 1 is 0.432 bits per heavy atom. The zero-order chi connectivity index (χ0) is 50.6. The molecular weight excluding hydrogens is 899 g/mol. The number of hydrogen-bond donors (Lipinski definition) is 0. The second-order valence-corrected chi connectivity index (χ2v) is 18.1. The lowest BCUT2D eigenvalue weighted by atomic mass is 10.0. The monoisotopic (exact) mass is 959 g/mol. The molecule has 0 spiro atoms. The predicted molar refractivity (Wildman–Crippen MR) is 322 cm³/mol. The molecule has 74 heavy (non-hydrogen) atoms. The van der Waals surface area contributed by atoms with E-state index < -0.39 is 0 Å². The molecule has 0 atom stereocenters. The van der Waals surface area contributed by atoms with Crippen molar-refractivity contribution in [3.8, 4) is 16.8 Å². The first-order chi connectivity index (χ1) is 36.6. The van der Waals surface area contributed by atoms with Crippen LogP contribution < -0.4 is 14.7 Å². The van der Waals surface area contributed by atoms with Crippen LogP contribution in [0.25, 0.3) is 66.6 Å². The highest BCUT2D eigenvalue weighted by Gasteiger charge is 2.19. The van der Waals surface area contributed by atoms with Gasteiger partial charge in [0.15, 0.2) is 0 Å². The fourth-order valence-corrected chi connectivity index (χ4v) is 9.99. The number of aromatic nitrogens is 2. The van der Waals surface area contributed by atoms with E-state index in [1.54, 1.807) is 6.08 Å². The normalized spacial score (nSPS) is 12.3. The lowest BCUT2D eigenvalue weighted by Crippen LogP contribution is -2.18. The number of allylic oxidation sites excluding steroid dienone is 12. The molecule has 0 aliphatic heterocycles. The zero-order valence-corrected chi connectivity index (χ0v) is 42.4. The number of hydrogen-bond acceptors (Lipinski definition) is 3. The molecule has 10 aromatic rings. The van der Waals surface area contributed by atoms with Gasteiger partial charge in [0.25, 0.3) is 0 Å². The first-order valence-corrected chi connectivity index (χ1v) is 25.4. The number of rotatable bonds is 18. The van der Waals surface area contributed by atoms with Gasteiger partial charge in [-0.25, -0.2) is 0 Å². The van der Waals surface area contributed by atoms with E-state index in [4.69, 9.17) is 0 Å². The second kappa shape index (κ2) is 22.8. The Bertz CT molecular complexity index is 3740. The van der Waals surface area contributed by atoms with Gasteiger partial charge in [-0.3, -0.25) is 0 Å². The molecule has 0 aliphatic carbocycles. The Morgan fingerprint density at radius 2 is 0.986 bits per heavy atom. The van der Waals surface area contributed by atoms with Gasteiger partial charge in [-0.1, -0.05) is 170 Å². The molecule has 0 unspecified atom stereocenters. The van der Waals surface area contributed by atoms with Crippen molar-refractivity contribution < 1.29 is 0 Å². The highest BCUT2D eigenvalue weighted by atomic mass is 15.2. The van der Waals surface area contributed by atoms with Gasteiger partial charge in [0, 0.05) is 93.3 Å². The number of para-hydroxylation sites is 4. The summed E-state index contributed by atoms with van der Waals surface area (Å²) in [6, 6.07) is 68.5. The Labute approximate surface area is 436 Å². The molecule has 0 fully saturated rings. The standard InChI is InChI=1S/C69H61N5/c1-5-8-11-14-25-49-71(58-29-27-28-53(51-58)60-30-16-20-34-65(60)70(4)48-24-13-10-7-3)54-38-40-55(41-39-54)73(56-42-44-57(45-43-56)74-68-36-22-18-31-61(68)62-32-19-23-37-69(62)74)59-46-47-67-64(52-59)63-33-17-21-35-66(63)72(67)50-26-15-12-9-6-2/h5-47,50-52H,1,48-49H2,2-4H3/b9-6-,10-7-,11-8-,15-12-,24-13-,25-14-,50-26+. The van der Waals surface area contributed by atoms with E-state index in [9.17, 15) is 0 Å². The van der Waals surface area contributed by atoms with Crippen LogP contribution in [0.3, 0.4) is 0 Å². The molecule has 0 bridgehead atoms. The van der Waals surface area contributed by atoms with Crippen LogP contribution in [-0.2, 0) is 0 Å². The minimum absolute atomic E-state index is 0.662. The Hall–Kier alpha value is -9.32. The van der Waals surface area contributed by atoms with Crippen LogP contribution in [0.4, 0.5) is 34.1 Å². The molecular formula is C69H61N5. The Balaban J connectivity index is 1.07. The van der Waals surface area contributed by atoms with E-state index in [2.05, 4.69) is 286 Å². The summed E-state index contributed by atoms with van der Waals surface area (Å²) in [5.41, 5.74) is 14.7. The van der Waals surface area contributed by atoms with E-state index in [0.29, 0.717) is 6.54 Å². The molecule has 8 aromatic carbocycles. The highest BCUT2D eigenvalue weighted by molar-refractivity contribution is 6.11. The largest absolute Gasteiger partial charge is 0.370 e. The van der Waals surface area contributed by atoms with Gasteiger partial charge < -0.3 is 23.8 Å². The summed E-state index contributed by atoms with van der Waals surface area (Å²) in [6.07, 6.45) is 31.0. The predicted octanol–water partition coefficient (Wildman–Crippen LogP) is 18.6. The van der Waals surface area contributed by atoms with Crippen molar-refractivity contribution in [3.05, 3.63) is 280 Å². The third kappa shape index (κ3) is 10.1. The molecule has 5 heteroatoms. The summed E-state index contributed by atoms with van der Waals surface area (Å²) in [7, 11) is 2.15. The summed E-state index contributed by atoms with van der Waals surface area (Å²) in [5, 5.41) is 4.88. The average molecular weight is 960 g/mol. The lowest BCUT2D eigenvalue weighted by molar-refractivity contribution is 1.03. The van der Waals surface area contributed by atoms with Gasteiger partial charge in [0.1, 0.15) is 0 Å². The molecule has 10 rings (SSSR count). The van der Waals surface area contributed by atoms with E-state index in [0.717, 1.165) is 57.3 Å². The Kier molecular flexibility index (Phi) is 14.9. The summed E-state index contributed by atoms with van der Waals surface area (Å²) >= 11 is 0. The summed E-state index contributed by atoms with van der Waals surface area (Å²) in [5.74, 6) is 0. The maximum Gasteiger partial charge on any atom is 0.0541 e. The Morgan fingerprint density at radius 3 is 1.70 bits per heavy atom. The number of nitrogens with zero attached hydrogens (tertiary/aromatic N) is 5. The molecule has 0 aliphatic rings. The zero-order valence-electron chi connectivity index (χ0n) is 42.4. The SMILES string of the molecule is C=C/C=C\C=C/CN(c1ccc(N(c2ccc(-n3c4ccccc4c4ccccc43)cc2)c2ccc3c(c2)c2ccccc2n3/C=C/C=C\C=C/C)cc1)c1cccc(-c2ccccc2N(C)C/C=C\C=C/C)c1. The van der Waals surface area contributed by atoms with Crippen molar-refractivity contribution in [2.75, 3.05) is 34.8 Å². The molecule has 0 saturated heterocycles. The third-order valence-corrected chi connectivity index (χ3v) is 13.5. The van der Waals surface area contributed by atoms with Gasteiger partial charge in [-0.2, -0.15) is 0 Å². The van der Waals surface area contributed by atoms with Crippen molar-refractivity contribution in [2.45, 2.75) is 13.8 Å². The van der Waals surface area contributed by atoms with Crippen LogP contribution in [0, 0.1) is 0 Å². The van der Waals surface area contributed by atoms with Gasteiger partial charge in [0.05, 0.1) is 22.1 Å². The van der Waals surface area contributed by atoms with Gasteiger partial charge in [-0.05, 0) is 129 Å². The first-order valence-electron chi connectivity index (χ1n) is 25.4. The topological polar surface area (TPSA) is 19.6 Å². The minimum Gasteiger partial charge on any atom is -0.370 e. The van der Waals surface area contributed by atoms with E-state index in [-0.39, 0.29) is 0 Å². The molecule has 0 saturated carbocycles. The number of fused-ring (bicyclic) bond motifs is 6. The third-order valence-electron chi connectivity index (χ3n) is 13.5. The van der Waals surface area contributed by atoms with Crippen molar-refractivity contribution in [1.29, 1.82) is 0 Å². The summed E-state index contributed by atoms with van der Waals surface area (Å²) < 4.78 is 4.67.